The molecule has 27 heavy (non-hydrogen) atoms. The van der Waals surface area contributed by atoms with Gasteiger partial charge in [0, 0.05) is 17.4 Å². The number of halogens is 1. The second kappa shape index (κ2) is 6.46. The third-order valence-corrected chi connectivity index (χ3v) is 5.16. The number of hydrogen-bond acceptors (Lipinski definition) is 5. The highest BCUT2D eigenvalue weighted by atomic mass is 35.5. The molecule has 0 unspecified atom stereocenters. The average Bonchev–Trinajstić information content (AvgIpc) is 3.08. The molecule has 0 bridgehead atoms. The monoisotopic (exact) mass is 382 g/mol. The Kier molecular flexibility index (Phi) is 4.23. The highest BCUT2D eigenvalue weighted by Crippen LogP contribution is 2.42. The van der Waals surface area contributed by atoms with Crippen molar-refractivity contribution in [1.29, 1.82) is 0 Å². The first-order valence-corrected chi connectivity index (χ1v) is 9.09. The molecule has 0 amide bonds. The molecule has 0 spiro atoms. The zero-order chi connectivity index (χ0) is 19.2. The molecule has 0 atom stereocenters. The van der Waals surface area contributed by atoms with Crippen LogP contribution < -0.4 is 4.74 Å². The van der Waals surface area contributed by atoms with Crippen LogP contribution in [-0.4, -0.2) is 32.9 Å². The van der Waals surface area contributed by atoms with Crippen LogP contribution in [0.3, 0.4) is 0 Å². The van der Waals surface area contributed by atoms with Gasteiger partial charge in [-0.3, -0.25) is 4.79 Å². The summed E-state index contributed by atoms with van der Waals surface area (Å²) >= 11 is 5.88. The van der Waals surface area contributed by atoms with E-state index in [0.29, 0.717) is 34.4 Å². The minimum Gasteiger partial charge on any atom is -0.497 e. The maximum Gasteiger partial charge on any atom is 0.176 e. The number of carbonyl (C=O) groups excluding carboxylic acids is 1. The molecule has 0 aliphatic heterocycles. The van der Waals surface area contributed by atoms with Gasteiger partial charge in [0.1, 0.15) is 11.4 Å². The molecule has 2 heterocycles. The van der Waals surface area contributed by atoms with E-state index in [1.807, 2.05) is 24.3 Å². The normalized spacial score (nSPS) is 15.5. The fourth-order valence-corrected chi connectivity index (χ4v) is 3.64. The summed E-state index contributed by atoms with van der Waals surface area (Å²) in [7, 11) is 1.62. The average molecular weight is 383 g/mol. The Labute approximate surface area is 162 Å². The molecule has 6 nitrogen and oxygen atoms in total. The molecular weight excluding hydrogens is 364 g/mol. The predicted octanol–water partition coefficient (Wildman–Crippen LogP) is 4.25. The van der Waals surface area contributed by atoms with Crippen molar-refractivity contribution in [2.45, 2.75) is 32.1 Å². The molecule has 1 aliphatic carbocycles. The third-order valence-electron chi connectivity index (χ3n) is 4.96. The molecule has 0 saturated carbocycles. The van der Waals surface area contributed by atoms with E-state index in [4.69, 9.17) is 21.4 Å². The van der Waals surface area contributed by atoms with Gasteiger partial charge in [-0.2, -0.15) is 5.10 Å². The molecule has 0 N–H and O–H groups in total. The van der Waals surface area contributed by atoms with Crippen LogP contribution in [0.2, 0.25) is 5.15 Å². The number of ketones is 1. The summed E-state index contributed by atoms with van der Waals surface area (Å²) in [5, 5.41) is 13.2. The van der Waals surface area contributed by atoms with Gasteiger partial charge in [-0.05, 0) is 30.7 Å². The fraction of sp³-hybridized carbons (Fsp3) is 0.300. The number of aromatic nitrogens is 4. The quantitative estimate of drug-likeness (QED) is 0.677. The van der Waals surface area contributed by atoms with Crippen LogP contribution in [0, 0.1) is 0 Å². The summed E-state index contributed by atoms with van der Waals surface area (Å²) in [6, 6.07) is 11.0. The van der Waals surface area contributed by atoms with Gasteiger partial charge in [-0.25, -0.2) is 4.68 Å². The van der Waals surface area contributed by atoms with E-state index in [1.165, 1.54) is 0 Å². The molecule has 0 radical (unpaired) electrons. The number of ether oxygens (including phenoxy) is 1. The lowest BCUT2D eigenvalue weighted by atomic mass is 9.75. The Morgan fingerprint density at radius 2 is 2.00 bits per heavy atom. The number of nitrogens with zero attached hydrogens (tertiary/aromatic N) is 4. The number of benzene rings is 1. The highest BCUT2D eigenvalue weighted by Gasteiger charge is 2.39. The van der Waals surface area contributed by atoms with E-state index in [2.05, 4.69) is 24.0 Å². The van der Waals surface area contributed by atoms with Gasteiger partial charge in [0.15, 0.2) is 16.8 Å². The van der Waals surface area contributed by atoms with Crippen molar-refractivity contribution >= 4 is 17.4 Å². The van der Waals surface area contributed by atoms with Crippen molar-refractivity contribution in [3.05, 3.63) is 52.8 Å². The van der Waals surface area contributed by atoms with Gasteiger partial charge >= 0.3 is 0 Å². The van der Waals surface area contributed by atoms with Crippen molar-refractivity contribution in [3.8, 4) is 22.8 Å². The summed E-state index contributed by atoms with van der Waals surface area (Å²) in [4.78, 5) is 12.9. The SMILES string of the molecule is COc1cccc(-c2nn(-c3ccc(Cl)nn3)c3c2C(=O)CCC3(C)C)c1. The molecule has 7 heteroatoms. The summed E-state index contributed by atoms with van der Waals surface area (Å²) in [5.74, 6) is 1.34. The van der Waals surface area contributed by atoms with Crippen LogP contribution >= 0.6 is 11.6 Å². The summed E-state index contributed by atoms with van der Waals surface area (Å²) < 4.78 is 7.06. The van der Waals surface area contributed by atoms with Crippen molar-refractivity contribution in [2.75, 3.05) is 7.11 Å². The molecule has 138 valence electrons. The van der Waals surface area contributed by atoms with E-state index in [0.717, 1.165) is 17.7 Å². The Hall–Kier alpha value is -2.73. The van der Waals surface area contributed by atoms with E-state index in [-0.39, 0.29) is 11.2 Å². The molecule has 3 aromatic rings. The van der Waals surface area contributed by atoms with E-state index < -0.39 is 0 Å². The number of carbonyl (C=O) groups is 1. The maximum atomic E-state index is 12.9. The van der Waals surface area contributed by atoms with Gasteiger partial charge in [-0.15, -0.1) is 10.2 Å². The number of methoxy groups -OCH3 is 1. The lowest BCUT2D eigenvalue weighted by Crippen LogP contribution is -2.29. The summed E-state index contributed by atoms with van der Waals surface area (Å²) in [6.45, 7) is 4.24. The molecule has 0 saturated heterocycles. The number of Topliss-reactive ketones (excluding diaryl/α,β-unsaturated/α-hetero) is 1. The molecule has 4 rings (SSSR count). The lowest BCUT2D eigenvalue weighted by Gasteiger charge is -2.30. The number of rotatable bonds is 3. The second-order valence-corrected chi connectivity index (χ2v) is 7.62. The first kappa shape index (κ1) is 17.7. The van der Waals surface area contributed by atoms with Gasteiger partial charge in [-0.1, -0.05) is 37.6 Å². The van der Waals surface area contributed by atoms with Crippen LogP contribution in [0.1, 0.15) is 42.7 Å². The van der Waals surface area contributed by atoms with E-state index >= 15 is 0 Å². The number of fused-ring (bicyclic) bond motifs is 1. The van der Waals surface area contributed by atoms with Crippen LogP contribution in [0.15, 0.2) is 36.4 Å². The Morgan fingerprint density at radius 3 is 2.70 bits per heavy atom. The lowest BCUT2D eigenvalue weighted by molar-refractivity contribution is 0.0956. The van der Waals surface area contributed by atoms with Crippen LogP contribution in [0.5, 0.6) is 5.75 Å². The smallest absolute Gasteiger partial charge is 0.176 e. The Balaban J connectivity index is 2.00. The molecule has 2 aromatic heterocycles. The molecular formula is C20H19ClN4O2. The van der Waals surface area contributed by atoms with E-state index in [9.17, 15) is 4.79 Å². The topological polar surface area (TPSA) is 69.9 Å². The van der Waals surface area contributed by atoms with Crippen LogP contribution in [0.25, 0.3) is 17.1 Å². The highest BCUT2D eigenvalue weighted by molar-refractivity contribution is 6.29. The van der Waals surface area contributed by atoms with Crippen molar-refractivity contribution in [2.24, 2.45) is 0 Å². The molecule has 0 fully saturated rings. The summed E-state index contributed by atoms with van der Waals surface area (Å²) in [5.41, 5.74) is 2.74. The minimum atomic E-state index is -0.228. The Bertz CT molecular complexity index is 1020. The number of hydrogen-bond donors (Lipinski definition) is 0. The van der Waals surface area contributed by atoms with Crippen molar-refractivity contribution in [3.63, 3.8) is 0 Å². The second-order valence-electron chi connectivity index (χ2n) is 7.24. The minimum absolute atomic E-state index is 0.0929. The van der Waals surface area contributed by atoms with Crippen LogP contribution in [-0.2, 0) is 5.41 Å². The maximum absolute atomic E-state index is 12.9. The van der Waals surface area contributed by atoms with Gasteiger partial charge in [0.2, 0.25) is 0 Å². The Morgan fingerprint density at radius 1 is 1.19 bits per heavy atom. The first-order chi connectivity index (χ1) is 12.9. The molecule has 1 aliphatic rings. The fourth-order valence-electron chi connectivity index (χ4n) is 3.54. The van der Waals surface area contributed by atoms with Crippen molar-refractivity contribution in [1.82, 2.24) is 20.0 Å². The predicted molar refractivity (Wildman–Crippen MR) is 103 cm³/mol. The first-order valence-electron chi connectivity index (χ1n) is 8.71. The van der Waals surface area contributed by atoms with Crippen molar-refractivity contribution < 1.29 is 9.53 Å². The van der Waals surface area contributed by atoms with Gasteiger partial charge < -0.3 is 4.74 Å². The zero-order valence-electron chi connectivity index (χ0n) is 15.4. The molecule has 1 aromatic carbocycles. The van der Waals surface area contributed by atoms with Crippen LogP contribution in [0.4, 0.5) is 0 Å². The standard InChI is InChI=1S/C20H19ClN4O2/c1-20(2)10-9-14(26)17-18(12-5-4-6-13(11-12)27-3)24-25(19(17)20)16-8-7-15(21)22-23-16/h4-8,11H,9-10H2,1-3H3. The third kappa shape index (κ3) is 3.00. The largest absolute Gasteiger partial charge is 0.497 e. The zero-order valence-corrected chi connectivity index (χ0v) is 16.1. The van der Waals surface area contributed by atoms with E-state index in [1.54, 1.807) is 23.9 Å². The van der Waals surface area contributed by atoms with Gasteiger partial charge in [0.05, 0.1) is 18.4 Å². The van der Waals surface area contributed by atoms with Gasteiger partial charge in [0.25, 0.3) is 0 Å². The summed E-state index contributed by atoms with van der Waals surface area (Å²) in [6.07, 6.45) is 1.25.